The lowest BCUT2D eigenvalue weighted by atomic mass is 9.88. The van der Waals surface area contributed by atoms with Gasteiger partial charge in [-0.15, -0.1) is 0 Å². The van der Waals surface area contributed by atoms with Crippen LogP contribution < -0.4 is 5.32 Å². The van der Waals surface area contributed by atoms with E-state index in [0.717, 1.165) is 42.4 Å². The lowest BCUT2D eigenvalue weighted by Crippen LogP contribution is -2.29. The van der Waals surface area contributed by atoms with Gasteiger partial charge in [-0.05, 0) is 31.1 Å². The van der Waals surface area contributed by atoms with Crippen molar-refractivity contribution in [2.24, 2.45) is 11.8 Å². The fourth-order valence-electron chi connectivity index (χ4n) is 4.27. The van der Waals surface area contributed by atoms with Gasteiger partial charge in [0, 0.05) is 31.0 Å². The van der Waals surface area contributed by atoms with Crippen LogP contribution in [0.4, 0.5) is 0 Å². The lowest BCUT2D eigenvalue weighted by Gasteiger charge is -2.24. The molecule has 5 nitrogen and oxygen atoms in total. The largest absolute Gasteiger partial charge is 0.476 e. The molecule has 0 spiro atoms. The average molecular weight is 273 g/mol. The second-order valence-corrected chi connectivity index (χ2v) is 6.37. The van der Waals surface area contributed by atoms with Crippen molar-refractivity contribution in [1.29, 1.82) is 0 Å². The summed E-state index contributed by atoms with van der Waals surface area (Å²) in [5.41, 5.74) is 1.96. The molecule has 20 heavy (non-hydrogen) atoms. The Labute approximate surface area is 117 Å². The van der Waals surface area contributed by atoms with Crippen molar-refractivity contribution in [3.8, 4) is 0 Å². The van der Waals surface area contributed by atoms with Crippen LogP contribution in [-0.4, -0.2) is 27.6 Å². The molecule has 3 aliphatic rings. The fraction of sp³-hybridized carbons (Fsp3) is 0.667. The number of aromatic nitrogens is 2. The Morgan fingerprint density at radius 1 is 1.25 bits per heavy atom. The molecule has 0 amide bonds. The molecule has 2 aliphatic carbocycles. The van der Waals surface area contributed by atoms with Crippen LogP contribution in [0.1, 0.15) is 59.2 Å². The zero-order valence-corrected chi connectivity index (χ0v) is 11.4. The lowest BCUT2D eigenvalue weighted by molar-refractivity contribution is 0.0687. The number of carboxylic acid groups (broad SMARTS) is 1. The number of nitrogens with one attached hydrogen (secondary N) is 1. The predicted octanol–water partition coefficient (Wildman–Crippen LogP) is 1.72. The summed E-state index contributed by atoms with van der Waals surface area (Å²) in [6.07, 6.45) is 5.85. The van der Waals surface area contributed by atoms with Gasteiger partial charge in [0.05, 0.1) is 5.69 Å². The summed E-state index contributed by atoms with van der Waals surface area (Å²) in [6, 6.07) is 0. The van der Waals surface area contributed by atoms with E-state index in [2.05, 4.69) is 10.3 Å². The van der Waals surface area contributed by atoms with Gasteiger partial charge in [-0.3, -0.25) is 0 Å². The van der Waals surface area contributed by atoms with Crippen LogP contribution in [-0.2, 0) is 13.0 Å². The maximum absolute atomic E-state index is 11.5. The SMILES string of the molecule is O=C(O)c1nc(C2CC3CCC2C3)nc2c1CNCC2. The van der Waals surface area contributed by atoms with Gasteiger partial charge in [-0.2, -0.15) is 0 Å². The van der Waals surface area contributed by atoms with E-state index in [0.29, 0.717) is 18.4 Å². The molecule has 0 saturated heterocycles. The normalized spacial score (nSPS) is 31.3. The van der Waals surface area contributed by atoms with Gasteiger partial charge in [0.25, 0.3) is 0 Å². The van der Waals surface area contributed by atoms with Crippen molar-refractivity contribution in [1.82, 2.24) is 15.3 Å². The van der Waals surface area contributed by atoms with Gasteiger partial charge in [0.1, 0.15) is 5.82 Å². The molecule has 4 rings (SSSR count). The Hall–Kier alpha value is -1.49. The Bertz CT molecular complexity index is 572. The Morgan fingerprint density at radius 3 is 2.85 bits per heavy atom. The van der Waals surface area contributed by atoms with Gasteiger partial charge in [0.2, 0.25) is 0 Å². The molecule has 1 aromatic heterocycles. The predicted molar refractivity (Wildman–Crippen MR) is 72.6 cm³/mol. The summed E-state index contributed by atoms with van der Waals surface area (Å²) >= 11 is 0. The molecule has 106 valence electrons. The molecule has 1 aromatic rings. The first-order valence-electron chi connectivity index (χ1n) is 7.56. The molecule has 1 aliphatic heterocycles. The van der Waals surface area contributed by atoms with Crippen LogP contribution in [0.25, 0.3) is 0 Å². The minimum Gasteiger partial charge on any atom is -0.476 e. The summed E-state index contributed by atoms with van der Waals surface area (Å²) in [7, 11) is 0. The summed E-state index contributed by atoms with van der Waals surface area (Å²) in [6.45, 7) is 1.45. The minimum atomic E-state index is -0.920. The number of rotatable bonds is 2. The van der Waals surface area contributed by atoms with Crippen molar-refractivity contribution in [2.75, 3.05) is 6.54 Å². The van der Waals surface area contributed by atoms with E-state index in [1.165, 1.54) is 19.3 Å². The van der Waals surface area contributed by atoms with Crippen molar-refractivity contribution >= 4 is 5.97 Å². The topological polar surface area (TPSA) is 75.1 Å². The molecule has 0 aromatic carbocycles. The number of fused-ring (bicyclic) bond motifs is 3. The standard InChI is InChI=1S/C15H19N3O2/c19-15(20)13-11-7-16-4-3-12(11)17-14(18-13)10-6-8-1-2-9(10)5-8/h8-10,16H,1-7H2,(H,19,20). The van der Waals surface area contributed by atoms with Crippen molar-refractivity contribution in [3.05, 3.63) is 22.8 Å². The van der Waals surface area contributed by atoms with Crippen LogP contribution >= 0.6 is 0 Å². The quantitative estimate of drug-likeness (QED) is 0.858. The maximum atomic E-state index is 11.5. The van der Waals surface area contributed by atoms with Crippen molar-refractivity contribution in [3.63, 3.8) is 0 Å². The molecule has 3 unspecified atom stereocenters. The molecule has 2 heterocycles. The van der Waals surface area contributed by atoms with Gasteiger partial charge in [-0.1, -0.05) is 6.42 Å². The molecule has 5 heteroatoms. The van der Waals surface area contributed by atoms with Crippen LogP contribution in [0.15, 0.2) is 0 Å². The minimum absolute atomic E-state index is 0.222. The van der Waals surface area contributed by atoms with E-state index in [-0.39, 0.29) is 5.69 Å². The van der Waals surface area contributed by atoms with Crippen LogP contribution in [0.5, 0.6) is 0 Å². The number of hydrogen-bond donors (Lipinski definition) is 2. The van der Waals surface area contributed by atoms with Gasteiger partial charge in [-0.25, -0.2) is 14.8 Å². The summed E-state index contributed by atoms with van der Waals surface area (Å²) in [4.78, 5) is 20.7. The van der Waals surface area contributed by atoms with E-state index >= 15 is 0 Å². The first-order chi connectivity index (χ1) is 9.72. The van der Waals surface area contributed by atoms with Gasteiger partial charge >= 0.3 is 5.97 Å². The molecule has 2 N–H and O–H groups in total. The van der Waals surface area contributed by atoms with Crippen molar-refractivity contribution in [2.45, 2.75) is 44.6 Å². The number of hydrogen-bond acceptors (Lipinski definition) is 4. The highest BCUT2D eigenvalue weighted by Gasteiger charge is 2.42. The van der Waals surface area contributed by atoms with Crippen LogP contribution in [0.2, 0.25) is 0 Å². The second kappa shape index (κ2) is 4.52. The monoisotopic (exact) mass is 273 g/mol. The molecular weight excluding hydrogens is 254 g/mol. The highest BCUT2D eigenvalue weighted by Crippen LogP contribution is 2.52. The Kier molecular flexibility index (Phi) is 2.77. The fourth-order valence-corrected chi connectivity index (χ4v) is 4.27. The average Bonchev–Trinajstić information content (AvgIpc) is 3.08. The first kappa shape index (κ1) is 12.3. The van der Waals surface area contributed by atoms with Crippen LogP contribution in [0.3, 0.4) is 0 Å². The third kappa shape index (κ3) is 1.84. The smallest absolute Gasteiger partial charge is 0.354 e. The van der Waals surface area contributed by atoms with Gasteiger partial charge < -0.3 is 10.4 Å². The zero-order valence-electron chi connectivity index (χ0n) is 11.4. The first-order valence-corrected chi connectivity index (χ1v) is 7.56. The highest BCUT2D eigenvalue weighted by atomic mass is 16.4. The maximum Gasteiger partial charge on any atom is 0.354 e. The van der Waals surface area contributed by atoms with E-state index in [9.17, 15) is 9.90 Å². The molecule has 2 saturated carbocycles. The number of carbonyl (C=O) groups is 1. The number of nitrogens with zero attached hydrogens (tertiary/aromatic N) is 2. The molecule has 0 radical (unpaired) electrons. The highest BCUT2D eigenvalue weighted by molar-refractivity contribution is 5.87. The Balaban J connectivity index is 1.77. The van der Waals surface area contributed by atoms with Gasteiger partial charge in [0.15, 0.2) is 5.69 Å². The van der Waals surface area contributed by atoms with E-state index < -0.39 is 5.97 Å². The molecule has 3 atom stereocenters. The number of carboxylic acids is 1. The Morgan fingerprint density at radius 2 is 2.15 bits per heavy atom. The van der Waals surface area contributed by atoms with Crippen LogP contribution in [0, 0.1) is 11.8 Å². The van der Waals surface area contributed by atoms with E-state index in [1.54, 1.807) is 0 Å². The molecule has 2 bridgehead atoms. The summed E-state index contributed by atoms with van der Waals surface area (Å²) < 4.78 is 0. The van der Waals surface area contributed by atoms with E-state index in [1.807, 2.05) is 0 Å². The second-order valence-electron chi connectivity index (χ2n) is 6.37. The molecular formula is C15H19N3O2. The van der Waals surface area contributed by atoms with Crippen molar-refractivity contribution < 1.29 is 9.90 Å². The third-order valence-corrected chi connectivity index (χ3v) is 5.22. The summed E-state index contributed by atoms with van der Waals surface area (Å²) in [5, 5.41) is 12.6. The third-order valence-electron chi connectivity index (χ3n) is 5.22. The molecule has 2 fully saturated rings. The zero-order chi connectivity index (χ0) is 13.7. The van der Waals surface area contributed by atoms with E-state index in [4.69, 9.17) is 4.98 Å². The number of aromatic carboxylic acids is 1. The summed E-state index contributed by atoms with van der Waals surface area (Å²) in [5.74, 6) is 1.78.